The lowest BCUT2D eigenvalue weighted by molar-refractivity contribution is 0.242. The quantitative estimate of drug-likeness (QED) is 0.771. The highest BCUT2D eigenvalue weighted by Crippen LogP contribution is 2.37. The van der Waals surface area contributed by atoms with Gasteiger partial charge in [0, 0.05) is 25.1 Å². The van der Waals surface area contributed by atoms with Gasteiger partial charge in [0.05, 0.1) is 0 Å². The monoisotopic (exact) mass is 323 g/mol. The van der Waals surface area contributed by atoms with E-state index in [0.29, 0.717) is 6.04 Å². The van der Waals surface area contributed by atoms with Gasteiger partial charge in [-0.05, 0) is 47.5 Å². The van der Waals surface area contributed by atoms with Crippen LogP contribution in [-0.2, 0) is 6.42 Å². The number of fused-ring (bicyclic) bond motifs is 1. The number of halogens is 1. The van der Waals surface area contributed by atoms with E-state index in [1.165, 1.54) is 38.5 Å². The van der Waals surface area contributed by atoms with Crippen LogP contribution in [0.2, 0.25) is 0 Å². The Labute approximate surface area is 124 Å². The Morgan fingerprint density at radius 3 is 2.84 bits per heavy atom. The number of anilines is 1. The number of nitrogens with zero attached hydrogens (tertiary/aromatic N) is 3. The Morgan fingerprint density at radius 2 is 2.00 bits per heavy atom. The molecular formula is C15H22BrN3. The topological polar surface area (TPSA) is 29.0 Å². The van der Waals surface area contributed by atoms with Gasteiger partial charge in [-0.1, -0.05) is 19.8 Å². The molecule has 19 heavy (non-hydrogen) atoms. The van der Waals surface area contributed by atoms with Crippen molar-refractivity contribution < 1.29 is 0 Å². The molecule has 3 rings (SSSR count). The summed E-state index contributed by atoms with van der Waals surface area (Å²) in [5.41, 5.74) is 0. The maximum Gasteiger partial charge on any atom is 0.133 e. The molecule has 1 saturated heterocycles. The maximum absolute atomic E-state index is 4.75. The summed E-state index contributed by atoms with van der Waals surface area (Å²) in [6.07, 6.45) is 9.17. The molecule has 3 nitrogen and oxygen atoms in total. The first-order chi connectivity index (χ1) is 9.28. The smallest absolute Gasteiger partial charge is 0.133 e. The lowest BCUT2D eigenvalue weighted by atomic mass is 9.78. The fraction of sp³-hybridized carbons (Fsp3) is 0.733. The predicted molar refractivity (Wildman–Crippen MR) is 81.4 cm³/mol. The molecule has 0 spiro atoms. The lowest BCUT2D eigenvalue weighted by Gasteiger charge is -2.44. The molecule has 2 fully saturated rings. The second-order valence-electron chi connectivity index (χ2n) is 5.77. The average Bonchev–Trinajstić information content (AvgIpc) is 2.46. The van der Waals surface area contributed by atoms with Gasteiger partial charge in [0.1, 0.15) is 16.2 Å². The maximum atomic E-state index is 4.75. The SMILES string of the molecule is CCc1nc(Br)cc(N2CCC[C@H]3CCCC[C@H]32)n1. The number of aryl methyl sites for hydroxylation is 1. The molecule has 2 heterocycles. The largest absolute Gasteiger partial charge is 0.353 e. The summed E-state index contributed by atoms with van der Waals surface area (Å²) in [7, 11) is 0. The third kappa shape index (κ3) is 2.78. The van der Waals surface area contributed by atoms with Crippen LogP contribution in [0.1, 0.15) is 51.3 Å². The summed E-state index contributed by atoms with van der Waals surface area (Å²) in [6, 6.07) is 2.81. The number of hydrogen-bond donors (Lipinski definition) is 0. The average molecular weight is 324 g/mol. The van der Waals surface area contributed by atoms with Gasteiger partial charge in [0.2, 0.25) is 0 Å². The third-order valence-electron chi connectivity index (χ3n) is 4.58. The van der Waals surface area contributed by atoms with Gasteiger partial charge in [-0.3, -0.25) is 0 Å². The van der Waals surface area contributed by atoms with Crippen molar-refractivity contribution in [2.45, 2.75) is 57.9 Å². The fourth-order valence-electron chi connectivity index (χ4n) is 3.67. The summed E-state index contributed by atoms with van der Waals surface area (Å²) in [5, 5.41) is 0. The van der Waals surface area contributed by atoms with E-state index >= 15 is 0 Å². The van der Waals surface area contributed by atoms with Gasteiger partial charge < -0.3 is 4.90 Å². The van der Waals surface area contributed by atoms with Crippen LogP contribution in [0.4, 0.5) is 5.82 Å². The van der Waals surface area contributed by atoms with Crippen LogP contribution in [0.5, 0.6) is 0 Å². The molecule has 1 aliphatic heterocycles. The van der Waals surface area contributed by atoms with Crippen LogP contribution in [0, 0.1) is 5.92 Å². The summed E-state index contributed by atoms with van der Waals surface area (Å²) in [4.78, 5) is 11.7. The molecule has 2 aliphatic rings. The lowest BCUT2D eigenvalue weighted by Crippen LogP contribution is -2.47. The summed E-state index contributed by atoms with van der Waals surface area (Å²) < 4.78 is 0.923. The molecule has 0 radical (unpaired) electrons. The minimum Gasteiger partial charge on any atom is -0.353 e. The summed E-state index contributed by atoms with van der Waals surface area (Å²) >= 11 is 3.53. The second kappa shape index (κ2) is 5.78. The molecule has 0 aromatic carbocycles. The van der Waals surface area contributed by atoms with E-state index in [-0.39, 0.29) is 0 Å². The van der Waals surface area contributed by atoms with E-state index in [1.54, 1.807) is 0 Å². The zero-order chi connectivity index (χ0) is 13.2. The molecule has 0 bridgehead atoms. The van der Waals surface area contributed by atoms with Crippen LogP contribution in [0.3, 0.4) is 0 Å². The van der Waals surface area contributed by atoms with E-state index < -0.39 is 0 Å². The van der Waals surface area contributed by atoms with Crippen molar-refractivity contribution in [3.63, 3.8) is 0 Å². The molecule has 1 aromatic rings. The van der Waals surface area contributed by atoms with Gasteiger partial charge in [-0.2, -0.15) is 0 Å². The molecule has 2 atom stereocenters. The normalized spacial score (nSPS) is 27.2. The molecule has 1 aliphatic carbocycles. The van der Waals surface area contributed by atoms with Crippen molar-refractivity contribution in [2.75, 3.05) is 11.4 Å². The van der Waals surface area contributed by atoms with Crippen molar-refractivity contribution in [3.05, 3.63) is 16.5 Å². The number of rotatable bonds is 2. The van der Waals surface area contributed by atoms with Crippen LogP contribution in [0.25, 0.3) is 0 Å². The Hall–Kier alpha value is -0.640. The zero-order valence-corrected chi connectivity index (χ0v) is 13.2. The first kappa shape index (κ1) is 13.3. The van der Waals surface area contributed by atoms with Crippen molar-refractivity contribution in [3.8, 4) is 0 Å². The summed E-state index contributed by atoms with van der Waals surface area (Å²) in [5.74, 6) is 2.97. The first-order valence-corrected chi connectivity index (χ1v) is 8.37. The second-order valence-corrected chi connectivity index (χ2v) is 6.58. The van der Waals surface area contributed by atoms with Crippen molar-refractivity contribution in [2.24, 2.45) is 5.92 Å². The minimum absolute atomic E-state index is 0.717. The fourth-order valence-corrected chi connectivity index (χ4v) is 4.08. The molecule has 104 valence electrons. The number of hydrogen-bond acceptors (Lipinski definition) is 3. The molecule has 4 heteroatoms. The molecule has 1 aromatic heterocycles. The Morgan fingerprint density at radius 1 is 1.21 bits per heavy atom. The first-order valence-electron chi connectivity index (χ1n) is 7.58. The molecule has 0 amide bonds. The summed E-state index contributed by atoms with van der Waals surface area (Å²) in [6.45, 7) is 3.28. The van der Waals surface area contributed by atoms with Crippen molar-refractivity contribution in [1.29, 1.82) is 0 Å². The van der Waals surface area contributed by atoms with Crippen LogP contribution in [-0.4, -0.2) is 22.6 Å². The Balaban J connectivity index is 1.89. The standard InChI is InChI=1S/C15H22BrN3/c1-2-14-17-13(16)10-15(18-14)19-9-5-7-11-6-3-4-8-12(11)19/h10-12H,2-9H2,1H3/t11-,12-/m1/s1. The zero-order valence-electron chi connectivity index (χ0n) is 11.6. The van der Waals surface area contributed by atoms with Gasteiger partial charge in [0.15, 0.2) is 0 Å². The molecular weight excluding hydrogens is 302 g/mol. The molecule has 1 saturated carbocycles. The van der Waals surface area contributed by atoms with E-state index in [9.17, 15) is 0 Å². The predicted octanol–water partition coefficient (Wildman–Crippen LogP) is 3.96. The van der Waals surface area contributed by atoms with Crippen LogP contribution in [0.15, 0.2) is 10.7 Å². The highest BCUT2D eigenvalue weighted by molar-refractivity contribution is 9.10. The van der Waals surface area contributed by atoms with Gasteiger partial charge in [-0.15, -0.1) is 0 Å². The number of piperidine rings is 1. The Kier molecular flexibility index (Phi) is 4.06. The molecule has 0 unspecified atom stereocenters. The van der Waals surface area contributed by atoms with Gasteiger partial charge in [0.25, 0.3) is 0 Å². The third-order valence-corrected chi connectivity index (χ3v) is 4.99. The van der Waals surface area contributed by atoms with Crippen molar-refractivity contribution in [1.82, 2.24) is 9.97 Å². The van der Waals surface area contributed by atoms with E-state index in [1.807, 2.05) is 0 Å². The highest BCUT2D eigenvalue weighted by atomic mass is 79.9. The van der Waals surface area contributed by atoms with E-state index in [4.69, 9.17) is 4.98 Å². The highest BCUT2D eigenvalue weighted by Gasteiger charge is 2.34. The van der Waals surface area contributed by atoms with Crippen LogP contribution >= 0.6 is 15.9 Å². The van der Waals surface area contributed by atoms with Crippen molar-refractivity contribution >= 4 is 21.7 Å². The number of aromatic nitrogens is 2. The Bertz CT molecular complexity index is 447. The molecule has 0 N–H and O–H groups in total. The van der Waals surface area contributed by atoms with E-state index in [2.05, 4.69) is 38.8 Å². The van der Waals surface area contributed by atoms with Crippen LogP contribution < -0.4 is 4.90 Å². The van der Waals surface area contributed by atoms with Gasteiger partial charge in [-0.25, -0.2) is 9.97 Å². The van der Waals surface area contributed by atoms with Gasteiger partial charge >= 0.3 is 0 Å². The minimum atomic E-state index is 0.717. The van der Waals surface area contributed by atoms with E-state index in [0.717, 1.165) is 35.1 Å².